The van der Waals surface area contributed by atoms with Crippen LogP contribution in [0.5, 0.6) is 0 Å². The molecule has 4 aromatic carbocycles. The van der Waals surface area contributed by atoms with Gasteiger partial charge in [0.1, 0.15) is 11.0 Å². The molecule has 0 amide bonds. The molecule has 0 unspecified atom stereocenters. The average Bonchev–Trinajstić information content (AvgIpc) is 3.36. The van der Waals surface area contributed by atoms with Gasteiger partial charge in [0, 0.05) is 22.0 Å². The molecule has 132 valence electrons. The first-order chi connectivity index (χ1) is 13.9. The van der Waals surface area contributed by atoms with Crippen LogP contribution in [0.2, 0.25) is 0 Å². The fraction of sp³-hybridized carbons (Fsp3) is 0. The predicted molar refractivity (Wildman–Crippen MR) is 117 cm³/mol. The molecular weight excluding hydrogens is 362 g/mol. The summed E-state index contributed by atoms with van der Waals surface area (Å²) in [6, 6.07) is 32.0. The zero-order valence-electron chi connectivity index (χ0n) is 14.9. The van der Waals surface area contributed by atoms with Crippen molar-refractivity contribution in [2.45, 2.75) is 0 Å². The molecule has 3 nitrogen and oxygen atoms in total. The van der Waals surface area contributed by atoms with Crippen LogP contribution in [0.3, 0.4) is 0 Å². The summed E-state index contributed by atoms with van der Waals surface area (Å²) in [7, 11) is 0. The Bertz CT molecular complexity index is 1460. The molecule has 0 aliphatic carbocycles. The van der Waals surface area contributed by atoms with Crippen molar-refractivity contribution in [3.63, 3.8) is 0 Å². The number of hydrogen-bond acceptors (Lipinski definition) is 3. The monoisotopic (exact) mass is 377 g/mol. The summed E-state index contributed by atoms with van der Waals surface area (Å²) in [6.07, 6.45) is 0. The first-order valence-corrected chi connectivity index (χ1v) is 9.93. The van der Waals surface area contributed by atoms with Crippen molar-refractivity contribution in [3.8, 4) is 16.8 Å². The van der Waals surface area contributed by atoms with E-state index in [1.807, 2.05) is 6.07 Å². The summed E-state index contributed by atoms with van der Waals surface area (Å²) in [5, 5.41) is 2.50. The molecule has 0 saturated heterocycles. The first-order valence-electron chi connectivity index (χ1n) is 9.20. The largest absolute Gasteiger partial charge is 0.309 e. The van der Waals surface area contributed by atoms with E-state index in [1.54, 1.807) is 0 Å². The molecule has 0 fully saturated rings. The third-order valence-corrected chi connectivity index (χ3v) is 5.83. The van der Waals surface area contributed by atoms with Gasteiger partial charge in [-0.25, -0.2) is 0 Å². The number of hydrogen-bond donors (Lipinski definition) is 0. The Morgan fingerprint density at radius 1 is 0.643 bits per heavy atom. The quantitative estimate of drug-likeness (QED) is 0.347. The summed E-state index contributed by atoms with van der Waals surface area (Å²) in [6.45, 7) is 0. The molecule has 0 atom stereocenters. The van der Waals surface area contributed by atoms with Crippen LogP contribution in [-0.2, 0) is 0 Å². The maximum absolute atomic E-state index is 4.52. The van der Waals surface area contributed by atoms with E-state index < -0.39 is 0 Å². The molecule has 6 aromatic rings. The molecule has 0 saturated carbocycles. The van der Waals surface area contributed by atoms with Crippen LogP contribution in [0.25, 0.3) is 49.7 Å². The molecule has 28 heavy (non-hydrogen) atoms. The highest BCUT2D eigenvalue weighted by molar-refractivity contribution is 7.00. The number of nitrogens with zero attached hydrogens (tertiary/aromatic N) is 3. The maximum Gasteiger partial charge on any atom is 0.112 e. The number of aromatic nitrogens is 3. The Hall–Kier alpha value is -3.50. The Balaban J connectivity index is 1.69. The van der Waals surface area contributed by atoms with E-state index >= 15 is 0 Å². The van der Waals surface area contributed by atoms with E-state index in [0.29, 0.717) is 0 Å². The number of fused-ring (bicyclic) bond motifs is 4. The number of para-hydroxylation sites is 2. The van der Waals surface area contributed by atoms with Gasteiger partial charge in [0.15, 0.2) is 0 Å². The van der Waals surface area contributed by atoms with Crippen molar-refractivity contribution in [3.05, 3.63) is 91.0 Å². The van der Waals surface area contributed by atoms with Gasteiger partial charge in [0.2, 0.25) is 0 Å². The molecule has 0 bridgehead atoms. The molecule has 0 N–H and O–H groups in total. The minimum Gasteiger partial charge on any atom is -0.309 e. The van der Waals surface area contributed by atoms with Gasteiger partial charge in [0.25, 0.3) is 0 Å². The molecular formula is C24H15N3S. The van der Waals surface area contributed by atoms with Crippen molar-refractivity contribution in [2.75, 3.05) is 0 Å². The predicted octanol–water partition coefficient (Wildman–Crippen LogP) is 6.46. The minimum absolute atomic E-state index is 0.953. The smallest absolute Gasteiger partial charge is 0.112 e. The van der Waals surface area contributed by atoms with Gasteiger partial charge in [-0.1, -0.05) is 54.6 Å². The lowest BCUT2D eigenvalue weighted by atomic mass is 10.0. The average molecular weight is 377 g/mol. The van der Waals surface area contributed by atoms with Crippen LogP contribution in [0.15, 0.2) is 91.0 Å². The zero-order valence-corrected chi connectivity index (χ0v) is 15.7. The first kappa shape index (κ1) is 15.5. The van der Waals surface area contributed by atoms with E-state index in [1.165, 1.54) is 44.8 Å². The Morgan fingerprint density at radius 2 is 1.46 bits per heavy atom. The van der Waals surface area contributed by atoms with Crippen LogP contribution in [0, 0.1) is 0 Å². The summed E-state index contributed by atoms with van der Waals surface area (Å²) in [5.74, 6) is 0. The number of benzene rings is 4. The van der Waals surface area contributed by atoms with Gasteiger partial charge < -0.3 is 4.57 Å². The van der Waals surface area contributed by atoms with Crippen molar-refractivity contribution in [1.82, 2.24) is 13.3 Å². The Labute approximate surface area is 165 Å². The highest BCUT2D eigenvalue weighted by Gasteiger charge is 2.14. The topological polar surface area (TPSA) is 30.7 Å². The SMILES string of the molecule is c1ccc(-n2c3ccccc3c3cc(-c4cccc5nsnc45)ccc32)cc1. The van der Waals surface area contributed by atoms with Crippen LogP contribution in [0.1, 0.15) is 0 Å². The normalized spacial score (nSPS) is 11.6. The third-order valence-electron chi connectivity index (χ3n) is 5.28. The van der Waals surface area contributed by atoms with Crippen LogP contribution in [0.4, 0.5) is 0 Å². The maximum atomic E-state index is 4.52. The van der Waals surface area contributed by atoms with Crippen LogP contribution in [-0.4, -0.2) is 13.3 Å². The second kappa shape index (κ2) is 6.01. The summed E-state index contributed by atoms with van der Waals surface area (Å²) >= 11 is 1.27. The molecule has 6 rings (SSSR count). The van der Waals surface area contributed by atoms with Crippen molar-refractivity contribution in [2.24, 2.45) is 0 Å². The van der Waals surface area contributed by atoms with E-state index in [-0.39, 0.29) is 0 Å². The molecule has 4 heteroatoms. The van der Waals surface area contributed by atoms with Crippen molar-refractivity contribution in [1.29, 1.82) is 0 Å². The molecule has 0 aliphatic rings. The van der Waals surface area contributed by atoms with E-state index in [2.05, 4.69) is 98.2 Å². The standard InChI is InChI=1S/C24H15N3S/c1-2-7-17(8-3-1)27-22-12-5-4-9-19(22)20-15-16(13-14-23(20)27)18-10-6-11-21-24(18)26-28-25-21/h1-15H. The van der Waals surface area contributed by atoms with Gasteiger partial charge >= 0.3 is 0 Å². The summed E-state index contributed by atoms with van der Waals surface area (Å²) in [5.41, 5.74) is 7.82. The lowest BCUT2D eigenvalue weighted by Crippen LogP contribution is -1.92. The lowest BCUT2D eigenvalue weighted by Gasteiger charge is -2.08. The number of rotatable bonds is 2. The summed E-state index contributed by atoms with van der Waals surface area (Å²) < 4.78 is 11.2. The lowest BCUT2D eigenvalue weighted by molar-refractivity contribution is 1.18. The third kappa shape index (κ3) is 2.22. The van der Waals surface area contributed by atoms with Crippen molar-refractivity contribution >= 4 is 44.6 Å². The van der Waals surface area contributed by atoms with Gasteiger partial charge in [-0.2, -0.15) is 8.75 Å². The highest BCUT2D eigenvalue weighted by atomic mass is 32.1. The second-order valence-electron chi connectivity index (χ2n) is 6.86. The van der Waals surface area contributed by atoms with Gasteiger partial charge in [-0.3, -0.25) is 0 Å². The highest BCUT2D eigenvalue weighted by Crippen LogP contribution is 2.36. The second-order valence-corrected chi connectivity index (χ2v) is 7.39. The van der Waals surface area contributed by atoms with Gasteiger partial charge in [-0.05, 0) is 42.0 Å². The van der Waals surface area contributed by atoms with Crippen LogP contribution < -0.4 is 0 Å². The van der Waals surface area contributed by atoms with E-state index in [9.17, 15) is 0 Å². The summed E-state index contributed by atoms with van der Waals surface area (Å²) in [4.78, 5) is 0. The molecule has 2 aromatic heterocycles. The van der Waals surface area contributed by atoms with Gasteiger partial charge in [-0.15, -0.1) is 0 Å². The Kier molecular flexibility index (Phi) is 3.34. The van der Waals surface area contributed by atoms with Crippen LogP contribution >= 0.6 is 11.7 Å². The minimum atomic E-state index is 0.953. The Morgan fingerprint density at radius 3 is 2.39 bits per heavy atom. The molecule has 0 aliphatic heterocycles. The van der Waals surface area contributed by atoms with Gasteiger partial charge in [0.05, 0.1) is 22.8 Å². The fourth-order valence-corrected chi connectivity index (χ4v) is 4.58. The van der Waals surface area contributed by atoms with E-state index in [4.69, 9.17) is 0 Å². The van der Waals surface area contributed by atoms with Crippen molar-refractivity contribution < 1.29 is 0 Å². The molecule has 0 radical (unpaired) electrons. The molecule has 0 spiro atoms. The molecule has 2 heterocycles. The fourth-order valence-electron chi connectivity index (χ4n) is 4.03. The van der Waals surface area contributed by atoms with E-state index in [0.717, 1.165) is 16.6 Å². The zero-order chi connectivity index (χ0) is 18.5.